The lowest BCUT2D eigenvalue weighted by Gasteiger charge is -2.05. The zero-order valence-electron chi connectivity index (χ0n) is 10.00. The molecule has 0 spiro atoms. The van der Waals surface area contributed by atoms with Crippen molar-refractivity contribution in [2.45, 2.75) is 6.42 Å². The quantitative estimate of drug-likeness (QED) is 0.917. The zero-order chi connectivity index (χ0) is 13.0. The van der Waals surface area contributed by atoms with Gasteiger partial charge in [0.2, 0.25) is 10.0 Å². The van der Waals surface area contributed by atoms with Gasteiger partial charge in [0.15, 0.2) is 0 Å². The van der Waals surface area contributed by atoms with Gasteiger partial charge in [0.25, 0.3) is 0 Å². The molecule has 1 aromatic heterocycles. The number of hydrogen-bond donors (Lipinski definition) is 1. The molecule has 0 atom stereocenters. The minimum Gasteiger partial charge on any atom is -0.284 e. The average Bonchev–Trinajstić information content (AvgIpc) is 2.31. The lowest BCUT2D eigenvalue weighted by Crippen LogP contribution is -2.09. The highest BCUT2D eigenvalue weighted by Gasteiger charge is 2.01. The van der Waals surface area contributed by atoms with Gasteiger partial charge in [-0.25, -0.2) is 8.42 Å². The van der Waals surface area contributed by atoms with Gasteiger partial charge in [-0.2, -0.15) is 0 Å². The Balaban J connectivity index is 2.09. The van der Waals surface area contributed by atoms with Crippen molar-refractivity contribution in [1.82, 2.24) is 4.98 Å². The second-order valence-corrected chi connectivity index (χ2v) is 5.85. The molecule has 4 nitrogen and oxygen atoms in total. The van der Waals surface area contributed by atoms with Gasteiger partial charge in [-0.05, 0) is 41.8 Å². The molecule has 0 radical (unpaired) electrons. The lowest BCUT2D eigenvalue weighted by molar-refractivity contribution is 0.607. The van der Waals surface area contributed by atoms with Crippen LogP contribution in [0.4, 0.5) is 5.69 Å². The standard InChI is InChI=1S/C13H14N2O2S/c1-18(16,17)15-13-4-2-11(3-5-13)10-12-6-8-14-9-7-12/h2-9,15H,10H2,1H3. The van der Waals surface area contributed by atoms with E-state index in [0.717, 1.165) is 18.2 Å². The molecular weight excluding hydrogens is 248 g/mol. The third-order valence-electron chi connectivity index (χ3n) is 2.41. The number of pyridine rings is 1. The average molecular weight is 262 g/mol. The molecule has 18 heavy (non-hydrogen) atoms. The Morgan fingerprint density at radius 1 is 1.00 bits per heavy atom. The second-order valence-electron chi connectivity index (χ2n) is 4.10. The minimum absolute atomic E-state index is 0.580. The fraction of sp³-hybridized carbons (Fsp3) is 0.154. The van der Waals surface area contributed by atoms with Crippen LogP contribution in [0.5, 0.6) is 0 Å². The van der Waals surface area contributed by atoms with E-state index >= 15 is 0 Å². The molecule has 1 aromatic carbocycles. The van der Waals surface area contributed by atoms with Crippen LogP contribution in [0.15, 0.2) is 48.8 Å². The molecule has 2 rings (SSSR count). The first-order chi connectivity index (χ1) is 8.53. The summed E-state index contributed by atoms with van der Waals surface area (Å²) in [4.78, 5) is 3.96. The summed E-state index contributed by atoms with van der Waals surface area (Å²) in [5.41, 5.74) is 2.88. The van der Waals surface area contributed by atoms with E-state index in [4.69, 9.17) is 0 Å². The topological polar surface area (TPSA) is 59.1 Å². The molecule has 2 aromatic rings. The first kappa shape index (κ1) is 12.6. The minimum atomic E-state index is -3.21. The molecule has 5 heteroatoms. The first-order valence-electron chi connectivity index (χ1n) is 5.48. The third kappa shape index (κ3) is 3.85. The highest BCUT2D eigenvalue weighted by molar-refractivity contribution is 7.92. The van der Waals surface area contributed by atoms with E-state index in [1.165, 1.54) is 5.56 Å². The van der Waals surface area contributed by atoms with E-state index in [-0.39, 0.29) is 0 Å². The summed E-state index contributed by atoms with van der Waals surface area (Å²) in [5, 5.41) is 0. The summed E-state index contributed by atoms with van der Waals surface area (Å²) in [6, 6.07) is 11.3. The Labute approximate surface area is 107 Å². The maximum Gasteiger partial charge on any atom is 0.229 e. The Morgan fingerprint density at radius 3 is 2.11 bits per heavy atom. The third-order valence-corrected chi connectivity index (χ3v) is 3.02. The molecule has 0 aliphatic heterocycles. The SMILES string of the molecule is CS(=O)(=O)Nc1ccc(Cc2ccncc2)cc1. The number of aromatic nitrogens is 1. The number of nitrogens with one attached hydrogen (secondary N) is 1. The van der Waals surface area contributed by atoms with Gasteiger partial charge < -0.3 is 0 Å². The smallest absolute Gasteiger partial charge is 0.229 e. The van der Waals surface area contributed by atoms with Crippen molar-refractivity contribution < 1.29 is 8.42 Å². The van der Waals surface area contributed by atoms with Crippen LogP contribution < -0.4 is 4.72 Å². The molecule has 0 aliphatic rings. The maximum atomic E-state index is 11.1. The van der Waals surface area contributed by atoms with Crippen LogP contribution in [0.3, 0.4) is 0 Å². The van der Waals surface area contributed by atoms with Crippen molar-refractivity contribution in [3.05, 3.63) is 59.9 Å². The summed E-state index contributed by atoms with van der Waals surface area (Å²) < 4.78 is 24.6. The fourth-order valence-corrected chi connectivity index (χ4v) is 2.21. The zero-order valence-corrected chi connectivity index (χ0v) is 10.8. The molecule has 1 N–H and O–H groups in total. The molecule has 1 heterocycles. The molecule has 0 amide bonds. The Bertz CT molecular complexity index is 607. The van der Waals surface area contributed by atoms with Crippen LogP contribution in [0, 0.1) is 0 Å². The van der Waals surface area contributed by atoms with Gasteiger partial charge >= 0.3 is 0 Å². The van der Waals surface area contributed by atoms with Gasteiger partial charge in [0, 0.05) is 18.1 Å². The summed E-state index contributed by atoms with van der Waals surface area (Å²) in [7, 11) is -3.21. The van der Waals surface area contributed by atoms with Gasteiger partial charge in [-0.3, -0.25) is 9.71 Å². The monoisotopic (exact) mass is 262 g/mol. The van der Waals surface area contributed by atoms with Crippen molar-refractivity contribution in [3.63, 3.8) is 0 Å². The number of sulfonamides is 1. The molecule has 0 saturated heterocycles. The van der Waals surface area contributed by atoms with E-state index in [1.54, 1.807) is 24.5 Å². The second kappa shape index (κ2) is 5.18. The van der Waals surface area contributed by atoms with Crippen LogP contribution in [0.2, 0.25) is 0 Å². The van der Waals surface area contributed by atoms with Crippen molar-refractivity contribution in [2.75, 3.05) is 11.0 Å². The van der Waals surface area contributed by atoms with Crippen LogP contribution in [0.1, 0.15) is 11.1 Å². The van der Waals surface area contributed by atoms with Crippen LogP contribution in [0.25, 0.3) is 0 Å². The summed E-state index contributed by atoms with van der Waals surface area (Å²) in [5.74, 6) is 0. The number of rotatable bonds is 4. The molecule has 0 aliphatic carbocycles. The Morgan fingerprint density at radius 2 is 1.56 bits per heavy atom. The summed E-state index contributed by atoms with van der Waals surface area (Å²) in [6.45, 7) is 0. The van der Waals surface area contributed by atoms with Gasteiger partial charge in [0.05, 0.1) is 6.26 Å². The maximum absolute atomic E-state index is 11.1. The van der Waals surface area contributed by atoms with Crippen LogP contribution >= 0.6 is 0 Å². The number of benzene rings is 1. The van der Waals surface area contributed by atoms with E-state index in [9.17, 15) is 8.42 Å². The predicted octanol–water partition coefficient (Wildman–Crippen LogP) is 2.04. The molecule has 0 fully saturated rings. The number of anilines is 1. The van der Waals surface area contributed by atoms with E-state index in [2.05, 4.69) is 9.71 Å². The highest BCUT2D eigenvalue weighted by Crippen LogP contribution is 2.13. The van der Waals surface area contributed by atoms with Crippen molar-refractivity contribution in [2.24, 2.45) is 0 Å². The number of hydrogen-bond acceptors (Lipinski definition) is 3. The molecule has 0 unspecified atom stereocenters. The van der Waals surface area contributed by atoms with Crippen LogP contribution in [-0.2, 0) is 16.4 Å². The Hall–Kier alpha value is -1.88. The normalized spacial score (nSPS) is 11.2. The van der Waals surface area contributed by atoms with Crippen molar-refractivity contribution in [1.29, 1.82) is 0 Å². The van der Waals surface area contributed by atoms with Crippen LogP contribution in [-0.4, -0.2) is 19.7 Å². The summed E-state index contributed by atoms with van der Waals surface area (Å²) >= 11 is 0. The predicted molar refractivity (Wildman–Crippen MR) is 72.0 cm³/mol. The van der Waals surface area contributed by atoms with Crippen molar-refractivity contribution >= 4 is 15.7 Å². The fourth-order valence-electron chi connectivity index (χ4n) is 1.64. The van der Waals surface area contributed by atoms with E-state index < -0.39 is 10.0 Å². The molecule has 0 saturated carbocycles. The van der Waals surface area contributed by atoms with Gasteiger partial charge in [-0.15, -0.1) is 0 Å². The molecule has 94 valence electrons. The largest absolute Gasteiger partial charge is 0.284 e. The van der Waals surface area contributed by atoms with Gasteiger partial charge in [-0.1, -0.05) is 12.1 Å². The van der Waals surface area contributed by atoms with E-state index in [0.29, 0.717) is 5.69 Å². The highest BCUT2D eigenvalue weighted by atomic mass is 32.2. The van der Waals surface area contributed by atoms with E-state index in [1.807, 2.05) is 24.3 Å². The summed E-state index contributed by atoms with van der Waals surface area (Å²) in [6.07, 6.45) is 5.46. The lowest BCUT2D eigenvalue weighted by atomic mass is 10.1. The van der Waals surface area contributed by atoms with Gasteiger partial charge in [0.1, 0.15) is 0 Å². The first-order valence-corrected chi connectivity index (χ1v) is 7.38. The molecule has 0 bridgehead atoms. The number of nitrogens with zero attached hydrogens (tertiary/aromatic N) is 1. The van der Waals surface area contributed by atoms with Crippen molar-refractivity contribution in [3.8, 4) is 0 Å². The molecular formula is C13H14N2O2S. The Kier molecular flexibility index (Phi) is 3.62.